The topological polar surface area (TPSA) is 108 Å². The Bertz CT molecular complexity index is 901. The lowest BCUT2D eigenvalue weighted by Gasteiger charge is -2.37. The van der Waals surface area contributed by atoms with Crippen LogP contribution in [-0.4, -0.2) is 49.6 Å². The maximum absolute atomic E-state index is 13.0. The van der Waals surface area contributed by atoms with Crippen molar-refractivity contribution in [1.29, 1.82) is 0 Å². The van der Waals surface area contributed by atoms with E-state index in [0.29, 0.717) is 24.9 Å². The van der Waals surface area contributed by atoms with Crippen molar-refractivity contribution < 1.29 is 17.6 Å². The molecule has 132 valence electrons. The molecule has 1 saturated heterocycles. The predicted octanol–water partition coefficient (Wildman–Crippen LogP) is 0.258. The number of benzene rings is 1. The van der Waals surface area contributed by atoms with Crippen LogP contribution in [-0.2, 0) is 21.8 Å². The zero-order chi connectivity index (χ0) is 17.5. The molecule has 2 unspecified atom stereocenters. The summed E-state index contributed by atoms with van der Waals surface area (Å²) in [6.45, 7) is 0.571. The molecule has 0 radical (unpaired) electrons. The molecule has 2 heterocycles. The summed E-state index contributed by atoms with van der Waals surface area (Å²) < 4.78 is 39.2. The van der Waals surface area contributed by atoms with Gasteiger partial charge in [-0.3, -0.25) is 4.57 Å². The Morgan fingerprint density at radius 2 is 2.17 bits per heavy atom. The lowest BCUT2D eigenvalue weighted by Crippen LogP contribution is -2.51. The number of fused-ring (bicyclic) bond motifs is 1. The minimum absolute atomic E-state index is 0.0135. The molecule has 0 bridgehead atoms. The second-order valence-electron chi connectivity index (χ2n) is 5.94. The van der Waals surface area contributed by atoms with E-state index in [-0.39, 0.29) is 29.2 Å². The minimum Gasteiger partial charge on any atom is -0.408 e. The molecule has 1 aromatic heterocycles. The number of hydrogen-bond donors (Lipinski definition) is 1. The van der Waals surface area contributed by atoms with Gasteiger partial charge >= 0.3 is 5.76 Å². The van der Waals surface area contributed by atoms with E-state index in [1.54, 1.807) is 20.2 Å². The third kappa shape index (κ3) is 2.77. The van der Waals surface area contributed by atoms with Crippen LogP contribution in [0.2, 0.25) is 0 Å². The maximum atomic E-state index is 13.0. The fourth-order valence-electron chi connectivity index (χ4n) is 3.15. The van der Waals surface area contributed by atoms with Crippen molar-refractivity contribution >= 4 is 21.1 Å². The summed E-state index contributed by atoms with van der Waals surface area (Å²) in [6.07, 6.45) is 1.20. The number of piperidine rings is 1. The molecule has 2 N–H and O–H groups in total. The molecule has 1 aliphatic rings. The first-order chi connectivity index (χ1) is 11.4. The number of aromatic nitrogens is 1. The highest BCUT2D eigenvalue weighted by Crippen LogP contribution is 2.28. The molecule has 1 aromatic carbocycles. The summed E-state index contributed by atoms with van der Waals surface area (Å²) in [5, 5.41) is 0. The molecule has 0 spiro atoms. The van der Waals surface area contributed by atoms with Crippen LogP contribution in [0.25, 0.3) is 11.1 Å². The van der Waals surface area contributed by atoms with Crippen LogP contribution in [0.5, 0.6) is 0 Å². The maximum Gasteiger partial charge on any atom is 0.419 e. The van der Waals surface area contributed by atoms with Crippen molar-refractivity contribution in [2.45, 2.75) is 29.9 Å². The largest absolute Gasteiger partial charge is 0.419 e. The molecule has 8 nitrogen and oxygen atoms in total. The van der Waals surface area contributed by atoms with Crippen LogP contribution < -0.4 is 11.5 Å². The SMILES string of the molecule is COC1CCN(S(=O)(=O)c2ccc3c(c2)oc(=O)n3C)C(CN)C1. The first kappa shape index (κ1) is 17.2. The fourth-order valence-corrected chi connectivity index (χ4v) is 4.82. The van der Waals surface area contributed by atoms with E-state index < -0.39 is 15.8 Å². The molecule has 1 fully saturated rings. The smallest absolute Gasteiger partial charge is 0.408 e. The van der Waals surface area contributed by atoms with Crippen LogP contribution in [0.15, 0.2) is 32.3 Å². The lowest BCUT2D eigenvalue weighted by atomic mass is 10.0. The molecule has 0 aliphatic carbocycles. The van der Waals surface area contributed by atoms with Gasteiger partial charge in [0.1, 0.15) is 0 Å². The third-order valence-corrected chi connectivity index (χ3v) is 6.54. The molecule has 2 aromatic rings. The monoisotopic (exact) mass is 355 g/mol. The number of methoxy groups -OCH3 is 1. The van der Waals surface area contributed by atoms with Crippen LogP contribution in [0, 0.1) is 0 Å². The number of nitrogens with two attached hydrogens (primary N) is 1. The summed E-state index contributed by atoms with van der Waals surface area (Å²) in [7, 11) is -0.533. The van der Waals surface area contributed by atoms with Gasteiger partial charge < -0.3 is 14.9 Å². The zero-order valence-corrected chi connectivity index (χ0v) is 14.5. The van der Waals surface area contributed by atoms with Crippen molar-refractivity contribution in [2.24, 2.45) is 12.8 Å². The molecule has 0 amide bonds. The Kier molecular flexibility index (Phi) is 4.52. The average Bonchev–Trinajstić information content (AvgIpc) is 2.88. The van der Waals surface area contributed by atoms with Crippen molar-refractivity contribution in [3.8, 4) is 0 Å². The Hall–Kier alpha value is -1.68. The quantitative estimate of drug-likeness (QED) is 0.843. The van der Waals surface area contributed by atoms with E-state index in [9.17, 15) is 13.2 Å². The first-order valence-electron chi connectivity index (χ1n) is 7.72. The van der Waals surface area contributed by atoms with Gasteiger partial charge in [0.25, 0.3) is 0 Å². The van der Waals surface area contributed by atoms with Gasteiger partial charge in [-0.05, 0) is 25.0 Å². The van der Waals surface area contributed by atoms with Gasteiger partial charge in [-0.2, -0.15) is 4.31 Å². The van der Waals surface area contributed by atoms with Crippen LogP contribution >= 0.6 is 0 Å². The Morgan fingerprint density at radius 1 is 1.42 bits per heavy atom. The number of oxazole rings is 1. The molecular weight excluding hydrogens is 334 g/mol. The van der Waals surface area contributed by atoms with E-state index in [4.69, 9.17) is 14.9 Å². The number of nitrogens with zero attached hydrogens (tertiary/aromatic N) is 2. The fraction of sp³-hybridized carbons (Fsp3) is 0.533. The van der Waals surface area contributed by atoms with Gasteiger partial charge in [0.15, 0.2) is 5.58 Å². The Balaban J connectivity index is 1.99. The van der Waals surface area contributed by atoms with Crippen LogP contribution in [0.1, 0.15) is 12.8 Å². The third-order valence-electron chi connectivity index (χ3n) is 4.59. The Labute approximate surface area is 139 Å². The summed E-state index contributed by atoms with van der Waals surface area (Å²) in [4.78, 5) is 11.7. The normalized spacial score (nSPS) is 23.0. The number of rotatable bonds is 4. The number of hydrogen-bond acceptors (Lipinski definition) is 6. The molecular formula is C15H21N3O5S. The van der Waals surface area contributed by atoms with Crippen molar-refractivity contribution in [3.05, 3.63) is 28.7 Å². The average molecular weight is 355 g/mol. The van der Waals surface area contributed by atoms with Gasteiger partial charge in [0.2, 0.25) is 10.0 Å². The summed E-state index contributed by atoms with van der Waals surface area (Å²) in [5.74, 6) is -0.528. The van der Waals surface area contributed by atoms with Gasteiger partial charge in [-0.25, -0.2) is 13.2 Å². The highest BCUT2D eigenvalue weighted by atomic mass is 32.2. The summed E-state index contributed by atoms with van der Waals surface area (Å²) >= 11 is 0. The molecule has 0 saturated carbocycles. The lowest BCUT2D eigenvalue weighted by molar-refractivity contribution is 0.0401. The minimum atomic E-state index is -3.72. The van der Waals surface area contributed by atoms with Gasteiger partial charge in [-0.15, -0.1) is 0 Å². The van der Waals surface area contributed by atoms with Crippen molar-refractivity contribution in [2.75, 3.05) is 20.2 Å². The highest BCUT2D eigenvalue weighted by molar-refractivity contribution is 7.89. The summed E-state index contributed by atoms with van der Waals surface area (Å²) in [5.41, 5.74) is 6.57. The van der Waals surface area contributed by atoms with E-state index in [1.165, 1.54) is 21.0 Å². The summed E-state index contributed by atoms with van der Waals surface area (Å²) in [6, 6.07) is 4.14. The number of ether oxygens (including phenoxy) is 1. The first-order valence-corrected chi connectivity index (χ1v) is 9.16. The van der Waals surface area contributed by atoms with E-state index in [1.807, 2.05) is 0 Å². The predicted molar refractivity (Wildman–Crippen MR) is 88.2 cm³/mol. The Morgan fingerprint density at radius 3 is 2.83 bits per heavy atom. The van der Waals surface area contributed by atoms with E-state index >= 15 is 0 Å². The second-order valence-corrected chi connectivity index (χ2v) is 7.83. The molecule has 3 rings (SSSR count). The van der Waals surface area contributed by atoms with Crippen LogP contribution in [0.3, 0.4) is 0 Å². The number of sulfonamides is 1. The zero-order valence-electron chi connectivity index (χ0n) is 13.6. The molecule has 1 aliphatic heterocycles. The highest BCUT2D eigenvalue weighted by Gasteiger charge is 2.36. The molecule has 2 atom stereocenters. The van der Waals surface area contributed by atoms with Crippen molar-refractivity contribution in [1.82, 2.24) is 8.87 Å². The van der Waals surface area contributed by atoms with Crippen molar-refractivity contribution in [3.63, 3.8) is 0 Å². The van der Waals surface area contributed by atoms with Gasteiger partial charge in [0, 0.05) is 39.4 Å². The molecule has 24 heavy (non-hydrogen) atoms. The number of aryl methyl sites for hydroxylation is 1. The van der Waals surface area contributed by atoms with Crippen LogP contribution in [0.4, 0.5) is 0 Å². The van der Waals surface area contributed by atoms with E-state index in [2.05, 4.69) is 0 Å². The second kappa shape index (κ2) is 6.32. The van der Waals surface area contributed by atoms with Gasteiger partial charge in [0.05, 0.1) is 16.5 Å². The van der Waals surface area contributed by atoms with Gasteiger partial charge in [-0.1, -0.05) is 0 Å². The van der Waals surface area contributed by atoms with E-state index in [0.717, 1.165) is 0 Å². The molecule has 9 heteroatoms. The standard InChI is InChI=1S/C15H21N3O5S/c1-17-13-4-3-12(8-14(13)23-15(17)19)24(20,21)18-6-5-11(22-2)7-10(18)9-16/h3-4,8,10-11H,5-7,9,16H2,1-2H3.